The molecule has 0 heterocycles. The maximum Gasteiger partial charge on any atom is 0.185 e. The van der Waals surface area contributed by atoms with Gasteiger partial charge >= 0.3 is 0 Å². The Hall–Kier alpha value is -1.29. The second-order valence-electron chi connectivity index (χ2n) is 2.59. The molecule has 13 heavy (non-hydrogen) atoms. The van der Waals surface area contributed by atoms with E-state index in [9.17, 15) is 0 Å². The third-order valence-corrected chi connectivity index (χ3v) is 1.94. The van der Waals surface area contributed by atoms with Gasteiger partial charge in [-0.25, -0.2) is 0 Å². The molecule has 0 saturated heterocycles. The third kappa shape index (κ3) is 2.91. The molecular weight excluding hydrogens is 182 g/mol. The topological polar surface area (TPSA) is 27.3 Å². The number of anilines is 1. The van der Waals surface area contributed by atoms with Crippen LogP contribution in [0, 0.1) is 0 Å². The van der Waals surface area contributed by atoms with Crippen LogP contribution >= 0.6 is 12.2 Å². The maximum absolute atomic E-state index is 4.97. The summed E-state index contributed by atoms with van der Waals surface area (Å²) in [5.41, 5.74) is 4.07. The van der Waals surface area contributed by atoms with Gasteiger partial charge in [-0.15, -0.1) is 0 Å². The van der Waals surface area contributed by atoms with Crippen LogP contribution in [0.5, 0.6) is 0 Å². The van der Waals surface area contributed by atoms with E-state index in [1.807, 2.05) is 42.4 Å². The van der Waals surface area contributed by atoms with Crippen molar-refractivity contribution in [3.63, 3.8) is 0 Å². The number of hydrazine groups is 1. The van der Waals surface area contributed by atoms with Crippen molar-refractivity contribution in [2.45, 2.75) is 0 Å². The van der Waals surface area contributed by atoms with Crippen molar-refractivity contribution >= 4 is 23.0 Å². The fourth-order valence-corrected chi connectivity index (χ4v) is 1.06. The summed E-state index contributed by atoms with van der Waals surface area (Å²) in [5, 5.41) is 5.31. The van der Waals surface area contributed by atoms with E-state index in [2.05, 4.69) is 10.7 Å². The van der Waals surface area contributed by atoms with Crippen molar-refractivity contribution in [1.82, 2.24) is 10.7 Å². The second kappa shape index (κ2) is 4.67. The van der Waals surface area contributed by atoms with Gasteiger partial charge in [0.05, 0.1) is 5.69 Å². The third-order valence-electron chi connectivity index (χ3n) is 1.64. The van der Waals surface area contributed by atoms with Crippen LogP contribution in [0.25, 0.3) is 0 Å². The van der Waals surface area contributed by atoms with Gasteiger partial charge in [0.2, 0.25) is 0 Å². The molecule has 4 heteroatoms. The van der Waals surface area contributed by atoms with Gasteiger partial charge in [-0.3, -0.25) is 10.4 Å². The molecule has 0 saturated carbocycles. The standard InChI is InChI=1S/C9H13N3S/c1-10-9(13)11-12(2)8-6-4-3-5-7-8/h3-7H,1-2H3,(H2,10,11,13). The van der Waals surface area contributed by atoms with Crippen LogP contribution in [0.15, 0.2) is 30.3 Å². The predicted octanol–water partition coefficient (Wildman–Crippen LogP) is 1.13. The van der Waals surface area contributed by atoms with E-state index in [4.69, 9.17) is 12.2 Å². The quantitative estimate of drug-likeness (QED) is 0.546. The van der Waals surface area contributed by atoms with Gasteiger partial charge in [-0.2, -0.15) is 0 Å². The molecule has 0 amide bonds. The zero-order valence-corrected chi connectivity index (χ0v) is 8.56. The minimum atomic E-state index is 0.603. The molecule has 0 aliphatic carbocycles. The monoisotopic (exact) mass is 195 g/mol. The van der Waals surface area contributed by atoms with Crippen molar-refractivity contribution in [1.29, 1.82) is 0 Å². The van der Waals surface area contributed by atoms with Gasteiger partial charge in [-0.1, -0.05) is 18.2 Å². The van der Waals surface area contributed by atoms with E-state index < -0.39 is 0 Å². The number of hydrogen-bond donors (Lipinski definition) is 2. The summed E-state index contributed by atoms with van der Waals surface area (Å²) in [7, 11) is 3.70. The Bertz CT molecular complexity index is 273. The van der Waals surface area contributed by atoms with Crippen LogP contribution in [0.4, 0.5) is 5.69 Å². The lowest BCUT2D eigenvalue weighted by Crippen LogP contribution is -2.43. The number of para-hydroxylation sites is 1. The highest BCUT2D eigenvalue weighted by molar-refractivity contribution is 7.80. The number of nitrogens with one attached hydrogen (secondary N) is 2. The van der Waals surface area contributed by atoms with Crippen LogP contribution < -0.4 is 15.8 Å². The maximum atomic E-state index is 4.97. The largest absolute Gasteiger partial charge is 0.364 e. The fraction of sp³-hybridized carbons (Fsp3) is 0.222. The average Bonchev–Trinajstić information content (AvgIpc) is 2.19. The van der Waals surface area contributed by atoms with E-state index in [0.717, 1.165) is 5.69 Å². The Morgan fingerprint density at radius 3 is 2.46 bits per heavy atom. The van der Waals surface area contributed by atoms with Gasteiger partial charge in [-0.05, 0) is 24.4 Å². The van der Waals surface area contributed by atoms with Crippen LogP contribution in [-0.4, -0.2) is 19.2 Å². The summed E-state index contributed by atoms with van der Waals surface area (Å²) in [6, 6.07) is 9.95. The minimum Gasteiger partial charge on any atom is -0.364 e. The molecule has 70 valence electrons. The first kappa shape index (κ1) is 9.80. The zero-order valence-electron chi connectivity index (χ0n) is 7.74. The molecule has 0 aliphatic heterocycles. The van der Waals surface area contributed by atoms with Crippen LogP contribution in [-0.2, 0) is 0 Å². The van der Waals surface area contributed by atoms with E-state index in [1.54, 1.807) is 7.05 Å². The molecule has 3 nitrogen and oxygen atoms in total. The van der Waals surface area contributed by atoms with E-state index >= 15 is 0 Å². The number of rotatable bonds is 2. The van der Waals surface area contributed by atoms with Gasteiger partial charge < -0.3 is 5.32 Å². The van der Waals surface area contributed by atoms with Crippen molar-refractivity contribution in [3.8, 4) is 0 Å². The molecule has 0 bridgehead atoms. The second-order valence-corrected chi connectivity index (χ2v) is 2.99. The van der Waals surface area contributed by atoms with Gasteiger partial charge in [0, 0.05) is 14.1 Å². The summed E-state index contributed by atoms with van der Waals surface area (Å²) in [6.45, 7) is 0. The Morgan fingerprint density at radius 1 is 1.31 bits per heavy atom. The number of hydrogen-bond acceptors (Lipinski definition) is 2. The molecule has 1 aromatic rings. The summed E-state index contributed by atoms with van der Waals surface area (Å²) in [6.07, 6.45) is 0. The summed E-state index contributed by atoms with van der Waals surface area (Å²) >= 11 is 4.97. The minimum absolute atomic E-state index is 0.603. The van der Waals surface area contributed by atoms with Gasteiger partial charge in [0.1, 0.15) is 0 Å². The molecule has 0 spiro atoms. The van der Waals surface area contributed by atoms with Crippen molar-refractivity contribution in [2.75, 3.05) is 19.1 Å². The first-order valence-electron chi connectivity index (χ1n) is 4.01. The highest BCUT2D eigenvalue weighted by Gasteiger charge is 1.98. The summed E-state index contributed by atoms with van der Waals surface area (Å²) < 4.78 is 0. The number of benzene rings is 1. The zero-order chi connectivity index (χ0) is 9.68. The van der Waals surface area contributed by atoms with Crippen molar-refractivity contribution < 1.29 is 0 Å². The van der Waals surface area contributed by atoms with E-state index in [-0.39, 0.29) is 0 Å². The predicted molar refractivity (Wildman–Crippen MR) is 59.6 cm³/mol. The Balaban J connectivity index is 2.59. The molecule has 0 aromatic heterocycles. The average molecular weight is 195 g/mol. The normalized spacial score (nSPS) is 9.08. The lowest BCUT2D eigenvalue weighted by atomic mass is 10.3. The first-order chi connectivity index (χ1) is 6.24. The fourth-order valence-electron chi connectivity index (χ4n) is 0.924. The molecule has 1 rings (SSSR count). The molecule has 0 unspecified atom stereocenters. The van der Waals surface area contributed by atoms with Gasteiger partial charge in [0.15, 0.2) is 5.11 Å². The molecule has 0 radical (unpaired) electrons. The van der Waals surface area contributed by atoms with Crippen molar-refractivity contribution in [2.24, 2.45) is 0 Å². The smallest absolute Gasteiger partial charge is 0.185 e. The van der Waals surface area contributed by atoms with E-state index in [1.165, 1.54) is 0 Å². The molecule has 0 aliphatic rings. The summed E-state index contributed by atoms with van der Waals surface area (Å²) in [4.78, 5) is 0. The Labute approximate surface area is 83.7 Å². The van der Waals surface area contributed by atoms with Crippen LogP contribution in [0.2, 0.25) is 0 Å². The Kier molecular flexibility index (Phi) is 3.52. The lowest BCUT2D eigenvalue weighted by molar-refractivity contribution is 0.860. The molecular formula is C9H13N3S. The van der Waals surface area contributed by atoms with Crippen molar-refractivity contribution in [3.05, 3.63) is 30.3 Å². The first-order valence-corrected chi connectivity index (χ1v) is 4.42. The van der Waals surface area contributed by atoms with Crippen LogP contribution in [0.3, 0.4) is 0 Å². The van der Waals surface area contributed by atoms with Crippen LogP contribution in [0.1, 0.15) is 0 Å². The SMILES string of the molecule is CNC(=S)NN(C)c1ccccc1. The number of nitrogens with zero attached hydrogens (tertiary/aromatic N) is 1. The lowest BCUT2D eigenvalue weighted by Gasteiger charge is -2.21. The molecule has 2 N–H and O–H groups in total. The molecule has 0 atom stereocenters. The van der Waals surface area contributed by atoms with Gasteiger partial charge in [0.25, 0.3) is 0 Å². The number of thiocarbonyl (C=S) groups is 1. The Morgan fingerprint density at radius 2 is 1.92 bits per heavy atom. The highest BCUT2D eigenvalue weighted by atomic mass is 32.1. The molecule has 0 fully saturated rings. The van der Waals surface area contributed by atoms with E-state index in [0.29, 0.717) is 5.11 Å². The summed E-state index contributed by atoms with van der Waals surface area (Å²) in [5.74, 6) is 0. The highest BCUT2D eigenvalue weighted by Crippen LogP contribution is 2.07. The molecule has 1 aromatic carbocycles.